The Bertz CT molecular complexity index is 1130. The fraction of sp³-hybridized carbons (Fsp3) is 0.389. The Kier molecular flexibility index (Phi) is 5.03. The molecule has 10 nitrogen and oxygen atoms in total. The van der Waals surface area contributed by atoms with Crippen LogP contribution in [-0.4, -0.2) is 67.2 Å². The molecule has 30 heavy (non-hydrogen) atoms. The molecule has 1 aromatic carbocycles. The van der Waals surface area contributed by atoms with Gasteiger partial charge in [0.05, 0.1) is 26.4 Å². The van der Waals surface area contributed by atoms with Crippen molar-refractivity contribution in [2.45, 2.75) is 28.5 Å². The molecule has 12 heteroatoms. The minimum Gasteiger partial charge on any atom is -0.497 e. The van der Waals surface area contributed by atoms with Gasteiger partial charge in [0.1, 0.15) is 28.2 Å². The molecule has 2 aliphatic rings. The van der Waals surface area contributed by atoms with Crippen molar-refractivity contribution in [2.24, 2.45) is 0 Å². The van der Waals surface area contributed by atoms with Gasteiger partial charge in [0.15, 0.2) is 5.82 Å². The second kappa shape index (κ2) is 7.71. The summed E-state index contributed by atoms with van der Waals surface area (Å²) >= 11 is 1.17. The van der Waals surface area contributed by atoms with Gasteiger partial charge in [-0.1, -0.05) is 18.2 Å². The van der Waals surface area contributed by atoms with Crippen molar-refractivity contribution in [2.75, 3.05) is 20.3 Å². The standard InChI is InChI=1S/C18H19N5O5S2/c1-26-12-5-2-4-11(8-12)18-19-21-22-23(18)14-10-28-16-13(9-27-17(14)16)20-30(24,25)15-6-3-7-29-15/h2-8,13-14,16-17,20H,9-10H2,1H3/t13-,14+,16-,17+/m0/s1. The third kappa shape index (κ3) is 3.40. The SMILES string of the molecule is COc1cccc(-c2nnnn2[C@@H]2CO[C@@H]3[C@@H]2OC[C@@H]3NS(=O)(=O)c2cccs2)c1. The molecule has 2 saturated heterocycles. The number of ether oxygens (including phenoxy) is 3. The fourth-order valence-electron chi connectivity index (χ4n) is 3.83. The number of nitrogens with one attached hydrogen (secondary N) is 1. The summed E-state index contributed by atoms with van der Waals surface area (Å²) in [5.41, 5.74) is 0.802. The quantitative estimate of drug-likeness (QED) is 0.594. The summed E-state index contributed by atoms with van der Waals surface area (Å²) in [4.78, 5) is 0. The molecule has 3 aromatic rings. The maximum atomic E-state index is 12.6. The first kappa shape index (κ1) is 19.6. The zero-order chi connectivity index (χ0) is 20.7. The van der Waals surface area contributed by atoms with E-state index in [1.54, 1.807) is 29.3 Å². The van der Waals surface area contributed by atoms with Gasteiger partial charge in [-0.15, -0.1) is 16.4 Å². The lowest BCUT2D eigenvalue weighted by Gasteiger charge is -2.18. The highest BCUT2D eigenvalue weighted by Crippen LogP contribution is 2.36. The van der Waals surface area contributed by atoms with Crippen molar-refractivity contribution >= 4 is 21.4 Å². The summed E-state index contributed by atoms with van der Waals surface area (Å²) in [6, 6.07) is 9.97. The van der Waals surface area contributed by atoms with Gasteiger partial charge in [0, 0.05) is 5.56 Å². The van der Waals surface area contributed by atoms with Crippen LogP contribution in [0.25, 0.3) is 11.4 Å². The third-order valence-corrected chi connectivity index (χ3v) is 8.12. The Morgan fingerprint density at radius 1 is 1.20 bits per heavy atom. The van der Waals surface area contributed by atoms with E-state index in [4.69, 9.17) is 14.2 Å². The number of sulfonamides is 1. The van der Waals surface area contributed by atoms with Crippen molar-refractivity contribution in [3.8, 4) is 17.1 Å². The molecular formula is C18H19N5O5S2. The fourth-order valence-corrected chi connectivity index (χ4v) is 6.07. The molecule has 0 spiro atoms. The molecule has 0 unspecified atom stereocenters. The number of nitrogens with zero attached hydrogens (tertiary/aromatic N) is 4. The van der Waals surface area contributed by atoms with Gasteiger partial charge in [-0.05, 0) is 34.0 Å². The normalized spacial score (nSPS) is 26.0. The van der Waals surface area contributed by atoms with E-state index in [1.807, 2.05) is 24.3 Å². The molecule has 158 valence electrons. The first-order valence-electron chi connectivity index (χ1n) is 9.28. The summed E-state index contributed by atoms with van der Waals surface area (Å²) in [5.74, 6) is 1.26. The van der Waals surface area contributed by atoms with Gasteiger partial charge >= 0.3 is 0 Å². The number of methoxy groups -OCH3 is 1. The molecule has 0 radical (unpaired) electrons. The zero-order valence-electron chi connectivity index (χ0n) is 15.9. The summed E-state index contributed by atoms with van der Waals surface area (Å²) in [6.45, 7) is 0.529. The van der Waals surface area contributed by atoms with Crippen molar-refractivity contribution in [1.29, 1.82) is 0 Å². The van der Waals surface area contributed by atoms with Crippen LogP contribution >= 0.6 is 11.3 Å². The number of fused-ring (bicyclic) bond motifs is 1. The van der Waals surface area contributed by atoms with Crippen LogP contribution in [0.2, 0.25) is 0 Å². The van der Waals surface area contributed by atoms with Crippen LogP contribution in [0.15, 0.2) is 46.0 Å². The Labute approximate surface area is 176 Å². The lowest BCUT2D eigenvalue weighted by atomic mass is 10.1. The number of aromatic nitrogens is 4. The second-order valence-corrected chi connectivity index (χ2v) is 9.89. The van der Waals surface area contributed by atoms with Crippen molar-refractivity contribution < 1.29 is 22.6 Å². The van der Waals surface area contributed by atoms with E-state index in [0.717, 1.165) is 5.56 Å². The predicted molar refractivity (Wildman–Crippen MR) is 107 cm³/mol. The van der Waals surface area contributed by atoms with E-state index < -0.39 is 22.2 Å². The average molecular weight is 450 g/mol. The van der Waals surface area contributed by atoms with Gasteiger partial charge in [-0.3, -0.25) is 0 Å². The van der Waals surface area contributed by atoms with E-state index in [2.05, 4.69) is 20.2 Å². The Balaban J connectivity index is 1.37. The second-order valence-electron chi connectivity index (χ2n) is 7.00. The molecular weight excluding hydrogens is 430 g/mol. The van der Waals surface area contributed by atoms with E-state index in [-0.39, 0.29) is 23.0 Å². The van der Waals surface area contributed by atoms with Crippen LogP contribution < -0.4 is 9.46 Å². The number of tetrazole rings is 1. The van der Waals surface area contributed by atoms with Crippen LogP contribution in [-0.2, 0) is 19.5 Å². The van der Waals surface area contributed by atoms with Gasteiger partial charge < -0.3 is 14.2 Å². The highest BCUT2D eigenvalue weighted by Gasteiger charge is 2.50. The third-order valence-electron chi connectivity index (χ3n) is 5.23. The van der Waals surface area contributed by atoms with Crippen LogP contribution in [0.5, 0.6) is 5.75 Å². The van der Waals surface area contributed by atoms with Crippen molar-refractivity contribution in [3.05, 3.63) is 41.8 Å². The highest BCUT2D eigenvalue weighted by molar-refractivity contribution is 7.91. The molecule has 5 rings (SSSR count). The lowest BCUT2D eigenvalue weighted by molar-refractivity contribution is 0.0626. The molecule has 0 bridgehead atoms. The van der Waals surface area contributed by atoms with Crippen LogP contribution in [0.4, 0.5) is 0 Å². The largest absolute Gasteiger partial charge is 0.497 e. The molecule has 4 atom stereocenters. The van der Waals surface area contributed by atoms with Crippen LogP contribution in [0.1, 0.15) is 6.04 Å². The number of hydrogen-bond acceptors (Lipinski definition) is 9. The minimum atomic E-state index is -3.62. The smallest absolute Gasteiger partial charge is 0.250 e. The average Bonchev–Trinajstić information content (AvgIpc) is 3.52. The Morgan fingerprint density at radius 3 is 2.87 bits per heavy atom. The molecule has 0 saturated carbocycles. The maximum Gasteiger partial charge on any atom is 0.250 e. The van der Waals surface area contributed by atoms with Gasteiger partial charge in [0.2, 0.25) is 10.0 Å². The Hall–Kier alpha value is -2.38. The van der Waals surface area contributed by atoms with Crippen molar-refractivity contribution in [3.63, 3.8) is 0 Å². The number of benzene rings is 1. The Morgan fingerprint density at radius 2 is 2.07 bits per heavy atom. The van der Waals surface area contributed by atoms with Crippen molar-refractivity contribution in [1.82, 2.24) is 24.9 Å². The van der Waals surface area contributed by atoms with E-state index in [0.29, 0.717) is 18.2 Å². The summed E-state index contributed by atoms with van der Waals surface area (Å²) in [6.07, 6.45) is -0.791. The highest BCUT2D eigenvalue weighted by atomic mass is 32.2. The summed E-state index contributed by atoms with van der Waals surface area (Å²) < 4.78 is 47.0. The van der Waals surface area contributed by atoms with Gasteiger partial charge in [0.25, 0.3) is 0 Å². The monoisotopic (exact) mass is 449 g/mol. The lowest BCUT2D eigenvalue weighted by Crippen LogP contribution is -2.43. The van der Waals surface area contributed by atoms with Crippen LogP contribution in [0.3, 0.4) is 0 Å². The summed E-state index contributed by atoms with van der Waals surface area (Å²) in [7, 11) is -2.02. The van der Waals surface area contributed by atoms with E-state index in [1.165, 1.54) is 11.3 Å². The van der Waals surface area contributed by atoms with E-state index in [9.17, 15) is 8.42 Å². The number of rotatable bonds is 6. The molecule has 1 N–H and O–H groups in total. The number of thiophene rings is 1. The molecule has 0 aliphatic carbocycles. The van der Waals surface area contributed by atoms with Crippen LogP contribution in [0, 0.1) is 0 Å². The molecule has 0 amide bonds. The van der Waals surface area contributed by atoms with E-state index >= 15 is 0 Å². The first-order chi connectivity index (χ1) is 14.6. The minimum absolute atomic E-state index is 0.215. The topological polar surface area (TPSA) is 117 Å². The molecule has 4 heterocycles. The summed E-state index contributed by atoms with van der Waals surface area (Å²) in [5, 5.41) is 13.9. The maximum absolute atomic E-state index is 12.6. The molecule has 2 aliphatic heterocycles. The molecule has 2 fully saturated rings. The number of hydrogen-bond donors (Lipinski definition) is 1. The van der Waals surface area contributed by atoms with Gasteiger partial charge in [-0.2, -0.15) is 0 Å². The first-order valence-corrected chi connectivity index (χ1v) is 11.6. The predicted octanol–water partition coefficient (Wildman–Crippen LogP) is 1.10. The molecule has 2 aromatic heterocycles. The van der Waals surface area contributed by atoms with Gasteiger partial charge in [-0.25, -0.2) is 17.8 Å². The zero-order valence-corrected chi connectivity index (χ0v) is 17.5.